The molecule has 1 aromatic carbocycles. The van der Waals surface area contributed by atoms with Gasteiger partial charge in [0.05, 0.1) is 6.54 Å². The van der Waals surface area contributed by atoms with Gasteiger partial charge in [-0.15, -0.1) is 0 Å². The average molecular weight is 274 g/mol. The maximum Gasteiger partial charge on any atom is 0.226 e. The molecule has 2 heterocycles. The van der Waals surface area contributed by atoms with Gasteiger partial charge in [0.2, 0.25) is 5.91 Å². The zero-order valence-corrected chi connectivity index (χ0v) is 11.2. The Bertz CT molecular complexity index is 600. The molecule has 0 fully saturated rings. The van der Waals surface area contributed by atoms with Crippen LogP contribution in [0.1, 0.15) is 12.2 Å². The first-order valence-corrected chi connectivity index (χ1v) is 7.24. The third kappa shape index (κ3) is 2.98. The molecular weight excluding hydrogens is 260 g/mol. The smallest absolute Gasteiger partial charge is 0.226 e. The van der Waals surface area contributed by atoms with Crippen LogP contribution >= 0.6 is 11.8 Å². The number of fused-ring (bicyclic) bond motifs is 1. The number of para-hydroxylation sites is 1. The van der Waals surface area contributed by atoms with Crippen molar-refractivity contribution < 1.29 is 9.21 Å². The highest BCUT2D eigenvalue weighted by atomic mass is 32.2. The number of hydrogen-bond donors (Lipinski definition) is 1. The molecule has 0 unspecified atom stereocenters. The van der Waals surface area contributed by atoms with Crippen LogP contribution in [-0.4, -0.2) is 23.4 Å². The van der Waals surface area contributed by atoms with Crippen molar-refractivity contribution >= 4 is 33.8 Å². The highest BCUT2D eigenvalue weighted by molar-refractivity contribution is 8.14. The van der Waals surface area contributed by atoms with E-state index in [1.807, 2.05) is 30.3 Å². The molecule has 1 aliphatic heterocycles. The van der Waals surface area contributed by atoms with Gasteiger partial charge in [0.1, 0.15) is 11.3 Å². The van der Waals surface area contributed by atoms with Crippen LogP contribution in [-0.2, 0) is 11.2 Å². The predicted octanol–water partition coefficient (Wildman–Crippen LogP) is 2.58. The molecule has 0 spiro atoms. The molecule has 0 bridgehead atoms. The lowest BCUT2D eigenvalue weighted by Crippen LogP contribution is -2.27. The minimum Gasteiger partial charge on any atom is -0.461 e. The van der Waals surface area contributed by atoms with Gasteiger partial charge < -0.3 is 9.73 Å². The molecule has 1 aliphatic rings. The maximum absolute atomic E-state index is 11.7. The molecule has 98 valence electrons. The van der Waals surface area contributed by atoms with E-state index < -0.39 is 0 Å². The molecular formula is C14H14N2O2S. The lowest BCUT2D eigenvalue weighted by Gasteiger charge is -2.02. The van der Waals surface area contributed by atoms with E-state index in [1.54, 1.807) is 11.8 Å². The second-order valence-electron chi connectivity index (χ2n) is 4.33. The topological polar surface area (TPSA) is 54.6 Å². The maximum atomic E-state index is 11.7. The molecule has 5 heteroatoms. The van der Waals surface area contributed by atoms with Crippen LogP contribution in [0.3, 0.4) is 0 Å². The molecule has 2 aromatic rings. The number of nitrogens with one attached hydrogen (secondary N) is 1. The summed E-state index contributed by atoms with van der Waals surface area (Å²) in [4.78, 5) is 15.9. The zero-order chi connectivity index (χ0) is 13.1. The van der Waals surface area contributed by atoms with Crippen LogP contribution in [0.4, 0.5) is 0 Å². The third-order valence-electron chi connectivity index (χ3n) is 2.91. The number of carbonyl (C=O) groups excluding carboxylic acids is 1. The van der Waals surface area contributed by atoms with Crippen molar-refractivity contribution in [3.63, 3.8) is 0 Å². The van der Waals surface area contributed by atoms with E-state index in [2.05, 4.69) is 10.3 Å². The van der Waals surface area contributed by atoms with E-state index in [9.17, 15) is 4.79 Å². The van der Waals surface area contributed by atoms with Crippen molar-refractivity contribution in [2.45, 2.75) is 12.8 Å². The molecule has 19 heavy (non-hydrogen) atoms. The monoisotopic (exact) mass is 274 g/mol. The minimum absolute atomic E-state index is 0.00592. The number of benzene rings is 1. The highest BCUT2D eigenvalue weighted by Gasteiger charge is 2.11. The summed E-state index contributed by atoms with van der Waals surface area (Å²) in [5.41, 5.74) is 0.869. The van der Waals surface area contributed by atoms with Crippen LogP contribution in [0.5, 0.6) is 0 Å². The molecule has 1 amide bonds. The summed E-state index contributed by atoms with van der Waals surface area (Å²) in [6, 6.07) is 9.85. The van der Waals surface area contributed by atoms with Gasteiger partial charge in [-0.25, -0.2) is 0 Å². The van der Waals surface area contributed by atoms with Crippen molar-refractivity contribution in [1.82, 2.24) is 5.32 Å². The Hall–Kier alpha value is -1.75. The highest BCUT2D eigenvalue weighted by Crippen LogP contribution is 2.19. The average Bonchev–Trinajstić information content (AvgIpc) is 3.04. The van der Waals surface area contributed by atoms with Crippen molar-refractivity contribution in [2.24, 2.45) is 4.99 Å². The van der Waals surface area contributed by atoms with E-state index in [0.29, 0.717) is 12.8 Å². The van der Waals surface area contributed by atoms with Gasteiger partial charge in [-0.2, -0.15) is 0 Å². The van der Waals surface area contributed by atoms with E-state index >= 15 is 0 Å². The molecule has 0 aliphatic carbocycles. The second-order valence-corrected chi connectivity index (χ2v) is 5.42. The van der Waals surface area contributed by atoms with Crippen LogP contribution in [0.15, 0.2) is 39.7 Å². The zero-order valence-electron chi connectivity index (χ0n) is 10.4. The van der Waals surface area contributed by atoms with Gasteiger partial charge in [-0.1, -0.05) is 30.0 Å². The van der Waals surface area contributed by atoms with Crippen molar-refractivity contribution in [1.29, 1.82) is 0 Å². The van der Waals surface area contributed by atoms with Gasteiger partial charge in [-0.3, -0.25) is 9.79 Å². The number of thioether (sulfide) groups is 1. The Morgan fingerprint density at radius 2 is 2.32 bits per heavy atom. The molecule has 1 aromatic heterocycles. The van der Waals surface area contributed by atoms with Crippen LogP contribution in [0.2, 0.25) is 0 Å². The van der Waals surface area contributed by atoms with Gasteiger partial charge in [0, 0.05) is 24.0 Å². The summed E-state index contributed by atoms with van der Waals surface area (Å²) in [6.07, 6.45) is 1.03. The van der Waals surface area contributed by atoms with Crippen molar-refractivity contribution in [3.05, 3.63) is 36.1 Å². The SMILES string of the molecule is O=C(CCc1cc2ccccc2o1)NC1=NCCS1. The Balaban J connectivity index is 1.57. The van der Waals surface area contributed by atoms with Gasteiger partial charge in [-0.05, 0) is 12.1 Å². The number of rotatable bonds is 3. The van der Waals surface area contributed by atoms with Crippen LogP contribution < -0.4 is 5.32 Å². The summed E-state index contributed by atoms with van der Waals surface area (Å²) in [5, 5.41) is 4.64. The van der Waals surface area contributed by atoms with Gasteiger partial charge in [0.25, 0.3) is 0 Å². The number of aliphatic imine (C=N–C) groups is 1. The Morgan fingerprint density at radius 3 is 3.11 bits per heavy atom. The standard InChI is InChI=1S/C14H14N2O2S/c17-13(16-14-15-7-8-19-14)6-5-11-9-10-3-1-2-4-12(10)18-11/h1-4,9H,5-8H2,(H,15,16,17). The summed E-state index contributed by atoms with van der Waals surface area (Å²) in [5.74, 6) is 1.80. The molecule has 4 nitrogen and oxygen atoms in total. The molecule has 1 N–H and O–H groups in total. The first-order valence-electron chi connectivity index (χ1n) is 6.26. The van der Waals surface area contributed by atoms with Crippen LogP contribution in [0, 0.1) is 0 Å². The predicted molar refractivity (Wildman–Crippen MR) is 77.4 cm³/mol. The molecule has 3 rings (SSSR count). The third-order valence-corrected chi connectivity index (χ3v) is 3.80. The minimum atomic E-state index is -0.00592. The van der Waals surface area contributed by atoms with Gasteiger partial charge in [0.15, 0.2) is 5.17 Å². The largest absolute Gasteiger partial charge is 0.461 e. The lowest BCUT2D eigenvalue weighted by molar-refractivity contribution is -0.119. The first kappa shape index (κ1) is 12.3. The summed E-state index contributed by atoms with van der Waals surface area (Å²) in [7, 11) is 0. The fourth-order valence-electron chi connectivity index (χ4n) is 1.99. The Morgan fingerprint density at radius 1 is 1.42 bits per heavy atom. The normalized spacial score (nSPS) is 14.6. The van der Waals surface area contributed by atoms with E-state index in [0.717, 1.165) is 34.2 Å². The fourth-order valence-corrected chi connectivity index (χ4v) is 2.73. The van der Waals surface area contributed by atoms with E-state index in [1.165, 1.54) is 0 Å². The summed E-state index contributed by atoms with van der Waals surface area (Å²) in [6.45, 7) is 0.795. The molecule has 0 saturated heterocycles. The quantitative estimate of drug-likeness (QED) is 0.936. The van der Waals surface area contributed by atoms with Crippen LogP contribution in [0.25, 0.3) is 11.0 Å². The van der Waals surface area contributed by atoms with E-state index in [4.69, 9.17) is 4.42 Å². The number of carbonyl (C=O) groups is 1. The number of nitrogens with zero attached hydrogens (tertiary/aromatic N) is 1. The molecule has 0 saturated carbocycles. The number of amidine groups is 1. The van der Waals surface area contributed by atoms with Gasteiger partial charge >= 0.3 is 0 Å². The molecule has 0 radical (unpaired) electrons. The Kier molecular flexibility index (Phi) is 3.55. The fraction of sp³-hybridized carbons (Fsp3) is 0.286. The summed E-state index contributed by atoms with van der Waals surface area (Å²) < 4.78 is 5.67. The number of furan rings is 1. The summed E-state index contributed by atoms with van der Waals surface area (Å²) >= 11 is 1.59. The van der Waals surface area contributed by atoms with Crippen molar-refractivity contribution in [2.75, 3.05) is 12.3 Å². The number of amides is 1. The van der Waals surface area contributed by atoms with E-state index in [-0.39, 0.29) is 5.91 Å². The second kappa shape index (κ2) is 5.48. The number of aryl methyl sites for hydroxylation is 1. The number of hydrogen-bond acceptors (Lipinski definition) is 4. The molecule has 0 atom stereocenters. The Labute approximate surface area is 115 Å². The first-order chi connectivity index (χ1) is 9.31. The lowest BCUT2D eigenvalue weighted by atomic mass is 10.2. The van der Waals surface area contributed by atoms with Crippen molar-refractivity contribution in [3.8, 4) is 0 Å².